The summed E-state index contributed by atoms with van der Waals surface area (Å²) in [6, 6.07) is 0. The van der Waals surface area contributed by atoms with Crippen molar-refractivity contribution in [2.45, 2.75) is 44.9 Å². The third kappa shape index (κ3) is 5.42. The average Bonchev–Trinajstić information content (AvgIpc) is 3.40. The molecule has 2 amide bonds. The van der Waals surface area contributed by atoms with Crippen LogP contribution in [0.4, 0.5) is 0 Å². The fourth-order valence-corrected chi connectivity index (χ4v) is 5.14. The van der Waals surface area contributed by atoms with Gasteiger partial charge in [-0.05, 0) is 58.2 Å². The standard InChI is InChI=1S/C23H39N5O2/c1-24-23(25-12-7-5-4-6-8-14-27(2)3)26-13-9-15-28-21(29)19-17-10-11-18(16-17)20(19)22(28)30/h10-11,17-20H,4-9,12-16H2,1-3H3,(H2,24,25,26). The number of allylic oxidation sites excluding steroid dienone is 2. The maximum absolute atomic E-state index is 12.7. The number of rotatable bonds is 12. The SMILES string of the molecule is CN=C(NCCCCCCCN(C)C)NCCCN1C(=O)C2C3C=CC(C3)C2C1=O. The zero-order valence-corrected chi connectivity index (χ0v) is 18.9. The summed E-state index contributed by atoms with van der Waals surface area (Å²) in [5, 5.41) is 6.65. The summed E-state index contributed by atoms with van der Waals surface area (Å²) in [6.07, 6.45) is 12.2. The van der Waals surface area contributed by atoms with Gasteiger partial charge in [0.2, 0.25) is 11.8 Å². The highest BCUT2D eigenvalue weighted by Gasteiger charge is 2.58. The minimum absolute atomic E-state index is 0.0509. The van der Waals surface area contributed by atoms with Crippen LogP contribution in [0.5, 0.6) is 0 Å². The number of amides is 2. The van der Waals surface area contributed by atoms with Gasteiger partial charge >= 0.3 is 0 Å². The summed E-state index contributed by atoms with van der Waals surface area (Å²) in [7, 11) is 6.01. The molecule has 1 heterocycles. The Balaban J connectivity index is 1.25. The quantitative estimate of drug-likeness (QED) is 0.167. The first-order valence-electron chi connectivity index (χ1n) is 11.7. The second-order valence-corrected chi connectivity index (χ2v) is 9.18. The molecule has 0 spiro atoms. The molecule has 168 valence electrons. The molecule has 1 saturated carbocycles. The highest BCUT2D eigenvalue weighted by molar-refractivity contribution is 6.06. The zero-order valence-electron chi connectivity index (χ0n) is 18.9. The molecule has 30 heavy (non-hydrogen) atoms. The normalized spacial score (nSPS) is 27.5. The summed E-state index contributed by atoms with van der Waals surface area (Å²) >= 11 is 0. The number of unbranched alkanes of at least 4 members (excludes halogenated alkanes) is 4. The van der Waals surface area contributed by atoms with Crippen molar-refractivity contribution >= 4 is 17.8 Å². The summed E-state index contributed by atoms with van der Waals surface area (Å²) in [5.74, 6) is 1.30. The van der Waals surface area contributed by atoms with Crippen molar-refractivity contribution in [3.8, 4) is 0 Å². The fourth-order valence-electron chi connectivity index (χ4n) is 5.14. The van der Waals surface area contributed by atoms with Crippen LogP contribution in [-0.2, 0) is 9.59 Å². The number of fused-ring (bicyclic) bond motifs is 5. The van der Waals surface area contributed by atoms with E-state index in [1.807, 2.05) is 0 Å². The number of carbonyl (C=O) groups excluding carboxylic acids is 2. The molecule has 2 bridgehead atoms. The fraction of sp³-hybridized carbons (Fsp3) is 0.783. The van der Waals surface area contributed by atoms with Gasteiger partial charge in [0.25, 0.3) is 0 Å². The third-order valence-corrected chi connectivity index (χ3v) is 6.71. The maximum Gasteiger partial charge on any atom is 0.233 e. The van der Waals surface area contributed by atoms with Crippen LogP contribution in [0.2, 0.25) is 0 Å². The first kappa shape index (κ1) is 22.8. The van der Waals surface area contributed by atoms with Gasteiger partial charge in [0.1, 0.15) is 0 Å². The lowest BCUT2D eigenvalue weighted by atomic mass is 9.85. The molecular formula is C23H39N5O2. The van der Waals surface area contributed by atoms with E-state index >= 15 is 0 Å². The van der Waals surface area contributed by atoms with E-state index in [9.17, 15) is 9.59 Å². The lowest BCUT2D eigenvalue weighted by Gasteiger charge is -2.18. The van der Waals surface area contributed by atoms with Gasteiger partial charge in [0.05, 0.1) is 11.8 Å². The van der Waals surface area contributed by atoms with E-state index < -0.39 is 0 Å². The predicted octanol–water partition coefficient (Wildman–Crippen LogP) is 1.86. The van der Waals surface area contributed by atoms with E-state index in [4.69, 9.17) is 0 Å². The van der Waals surface area contributed by atoms with Crippen LogP contribution in [0.15, 0.2) is 17.1 Å². The second-order valence-electron chi connectivity index (χ2n) is 9.18. The van der Waals surface area contributed by atoms with Crippen molar-refractivity contribution in [3.63, 3.8) is 0 Å². The summed E-state index contributed by atoms with van der Waals surface area (Å²) in [4.78, 5) is 33.4. The van der Waals surface area contributed by atoms with Crippen molar-refractivity contribution in [3.05, 3.63) is 12.2 Å². The van der Waals surface area contributed by atoms with Crippen molar-refractivity contribution in [1.82, 2.24) is 20.4 Å². The van der Waals surface area contributed by atoms with Gasteiger partial charge in [-0.2, -0.15) is 0 Å². The number of hydrogen-bond acceptors (Lipinski definition) is 4. The summed E-state index contributed by atoms with van der Waals surface area (Å²) < 4.78 is 0. The number of imide groups is 1. The number of nitrogens with one attached hydrogen (secondary N) is 2. The van der Waals surface area contributed by atoms with E-state index in [0.717, 1.165) is 31.8 Å². The molecule has 2 aliphatic carbocycles. The van der Waals surface area contributed by atoms with Gasteiger partial charge in [-0.25, -0.2) is 0 Å². The molecule has 0 aromatic rings. The third-order valence-electron chi connectivity index (χ3n) is 6.71. The van der Waals surface area contributed by atoms with Crippen molar-refractivity contribution in [2.75, 3.05) is 47.3 Å². The molecule has 7 nitrogen and oxygen atoms in total. The van der Waals surface area contributed by atoms with Crippen LogP contribution in [0, 0.1) is 23.7 Å². The van der Waals surface area contributed by atoms with E-state index in [2.05, 4.69) is 46.8 Å². The minimum atomic E-state index is -0.0854. The number of hydrogen-bond donors (Lipinski definition) is 2. The van der Waals surface area contributed by atoms with Crippen molar-refractivity contribution in [1.29, 1.82) is 0 Å². The molecule has 2 N–H and O–H groups in total. The van der Waals surface area contributed by atoms with Crippen molar-refractivity contribution < 1.29 is 9.59 Å². The van der Waals surface area contributed by atoms with Gasteiger partial charge < -0.3 is 15.5 Å². The Labute approximate surface area is 181 Å². The molecule has 1 saturated heterocycles. The first-order valence-corrected chi connectivity index (χ1v) is 11.7. The van der Waals surface area contributed by atoms with Crippen molar-refractivity contribution in [2.24, 2.45) is 28.7 Å². The van der Waals surface area contributed by atoms with Gasteiger partial charge in [0, 0.05) is 26.7 Å². The molecule has 4 atom stereocenters. The molecule has 7 heteroatoms. The Bertz CT molecular complexity index is 630. The molecular weight excluding hydrogens is 378 g/mol. The number of carbonyl (C=O) groups is 2. The highest BCUT2D eigenvalue weighted by Crippen LogP contribution is 2.52. The molecule has 4 unspecified atom stereocenters. The van der Waals surface area contributed by atoms with Gasteiger partial charge in [-0.3, -0.25) is 19.5 Å². The van der Waals surface area contributed by atoms with Crippen LogP contribution < -0.4 is 10.6 Å². The topological polar surface area (TPSA) is 77.0 Å². The molecule has 1 aliphatic heterocycles. The molecule has 0 radical (unpaired) electrons. The van der Waals surface area contributed by atoms with E-state index in [0.29, 0.717) is 13.1 Å². The van der Waals surface area contributed by atoms with Crippen LogP contribution in [0.3, 0.4) is 0 Å². The number of nitrogens with zero attached hydrogens (tertiary/aromatic N) is 3. The van der Waals surface area contributed by atoms with Crippen LogP contribution >= 0.6 is 0 Å². The zero-order chi connectivity index (χ0) is 21.5. The number of guanidine groups is 1. The van der Waals surface area contributed by atoms with Gasteiger partial charge in [-0.15, -0.1) is 0 Å². The molecule has 3 rings (SSSR count). The summed E-state index contributed by atoms with van der Waals surface area (Å²) in [6.45, 7) is 3.28. The first-order chi connectivity index (χ1) is 14.5. The predicted molar refractivity (Wildman–Crippen MR) is 120 cm³/mol. The molecule has 3 aliphatic rings. The summed E-state index contributed by atoms with van der Waals surface area (Å²) in [5.41, 5.74) is 0. The highest BCUT2D eigenvalue weighted by atomic mass is 16.2. The largest absolute Gasteiger partial charge is 0.356 e. The lowest BCUT2D eigenvalue weighted by Crippen LogP contribution is -2.40. The number of aliphatic imine (C=N–C) groups is 1. The van der Waals surface area contributed by atoms with Crippen LogP contribution in [-0.4, -0.2) is 74.9 Å². The van der Waals surface area contributed by atoms with E-state index in [-0.39, 0.29) is 35.5 Å². The minimum Gasteiger partial charge on any atom is -0.356 e. The number of likely N-dealkylation sites (tertiary alicyclic amines) is 1. The molecule has 0 aromatic carbocycles. The Hall–Kier alpha value is -1.89. The smallest absolute Gasteiger partial charge is 0.233 e. The van der Waals surface area contributed by atoms with Crippen LogP contribution in [0.1, 0.15) is 44.9 Å². The molecule has 0 aromatic heterocycles. The van der Waals surface area contributed by atoms with Crippen LogP contribution in [0.25, 0.3) is 0 Å². The Morgan fingerprint density at radius 1 is 0.967 bits per heavy atom. The van der Waals surface area contributed by atoms with Gasteiger partial charge in [0.15, 0.2) is 5.96 Å². The maximum atomic E-state index is 12.7. The van der Waals surface area contributed by atoms with Gasteiger partial charge in [-0.1, -0.05) is 31.4 Å². The van der Waals surface area contributed by atoms with E-state index in [1.165, 1.54) is 37.1 Å². The monoisotopic (exact) mass is 417 g/mol. The Morgan fingerprint density at radius 3 is 2.13 bits per heavy atom. The second kappa shape index (κ2) is 10.9. The Kier molecular flexibility index (Phi) is 8.31. The average molecular weight is 418 g/mol. The Morgan fingerprint density at radius 2 is 1.53 bits per heavy atom. The van der Waals surface area contributed by atoms with E-state index in [1.54, 1.807) is 7.05 Å². The molecule has 2 fully saturated rings. The lowest BCUT2D eigenvalue weighted by molar-refractivity contribution is -0.140.